The summed E-state index contributed by atoms with van der Waals surface area (Å²) in [6, 6.07) is 17.5. The van der Waals surface area contributed by atoms with Crippen molar-refractivity contribution in [2.24, 2.45) is 0 Å². The van der Waals surface area contributed by atoms with Crippen LogP contribution in [0, 0.1) is 0 Å². The quantitative estimate of drug-likeness (QED) is 0.675. The summed E-state index contributed by atoms with van der Waals surface area (Å²) < 4.78 is 5.18. The zero-order chi connectivity index (χ0) is 19.2. The fraction of sp³-hybridized carbons (Fsp3) is 0.238. The second-order valence-corrected chi connectivity index (χ2v) is 7.32. The van der Waals surface area contributed by atoms with E-state index in [4.69, 9.17) is 4.74 Å². The molecule has 3 rings (SSSR count). The molecule has 0 aliphatic carbocycles. The van der Waals surface area contributed by atoms with Crippen molar-refractivity contribution in [3.63, 3.8) is 0 Å². The summed E-state index contributed by atoms with van der Waals surface area (Å²) in [6.07, 6.45) is 0. The molecule has 5 nitrogen and oxygen atoms in total. The number of benzene rings is 2. The van der Waals surface area contributed by atoms with Gasteiger partial charge in [-0.3, -0.25) is 4.79 Å². The molecular weight excluding hydrogens is 358 g/mol. The zero-order valence-electron chi connectivity index (χ0n) is 15.7. The lowest BCUT2D eigenvalue weighted by molar-refractivity contribution is 0.0925. The van der Waals surface area contributed by atoms with Gasteiger partial charge in [-0.25, -0.2) is 4.98 Å². The van der Waals surface area contributed by atoms with Crippen LogP contribution in [0.2, 0.25) is 0 Å². The number of hydrogen-bond acceptors (Lipinski definition) is 5. The molecule has 1 N–H and O–H groups in total. The Morgan fingerprint density at radius 2 is 1.85 bits per heavy atom. The second kappa shape index (κ2) is 8.79. The first-order chi connectivity index (χ1) is 13.1. The minimum absolute atomic E-state index is 0.0974. The molecule has 0 radical (unpaired) electrons. The van der Waals surface area contributed by atoms with Gasteiger partial charge in [0.05, 0.1) is 13.2 Å². The first kappa shape index (κ1) is 19.1. The number of hydrogen-bond donors (Lipinski definition) is 1. The van der Waals surface area contributed by atoms with Gasteiger partial charge in [-0.15, -0.1) is 11.3 Å². The Morgan fingerprint density at radius 3 is 2.48 bits per heavy atom. The summed E-state index contributed by atoms with van der Waals surface area (Å²) in [5.74, 6) is 0.629. The van der Waals surface area contributed by atoms with Gasteiger partial charge in [0.2, 0.25) is 0 Å². The van der Waals surface area contributed by atoms with E-state index in [1.54, 1.807) is 12.5 Å². The summed E-state index contributed by atoms with van der Waals surface area (Å²) in [5.41, 5.74) is 2.48. The Bertz CT molecular complexity index is 876. The molecular formula is C21H23N3O2S. The van der Waals surface area contributed by atoms with E-state index in [-0.39, 0.29) is 11.9 Å². The van der Waals surface area contributed by atoms with Crippen LogP contribution in [0.25, 0.3) is 10.6 Å². The van der Waals surface area contributed by atoms with Gasteiger partial charge >= 0.3 is 0 Å². The number of amides is 1. The van der Waals surface area contributed by atoms with E-state index < -0.39 is 0 Å². The van der Waals surface area contributed by atoms with Crippen molar-refractivity contribution < 1.29 is 9.53 Å². The van der Waals surface area contributed by atoms with Crippen molar-refractivity contribution in [3.05, 3.63) is 71.2 Å². The van der Waals surface area contributed by atoms with Crippen molar-refractivity contribution in [1.29, 1.82) is 0 Å². The molecule has 0 aliphatic heterocycles. The standard InChI is InChI=1S/C21H23N3O2S/c1-24(2)13-18(15-7-5-4-6-8-15)22-20(25)19-14-27-21(23-19)16-9-11-17(26-3)12-10-16/h4-12,14,18H,13H2,1-3H3,(H,22,25). The molecule has 0 bridgehead atoms. The van der Waals surface area contributed by atoms with Crippen LogP contribution >= 0.6 is 11.3 Å². The van der Waals surface area contributed by atoms with Crippen LogP contribution in [0.3, 0.4) is 0 Å². The maximum atomic E-state index is 12.7. The molecule has 1 unspecified atom stereocenters. The molecule has 1 amide bonds. The summed E-state index contributed by atoms with van der Waals surface area (Å²) >= 11 is 1.46. The molecule has 1 atom stereocenters. The molecule has 0 aliphatic rings. The number of thiazole rings is 1. The Balaban J connectivity index is 1.75. The number of likely N-dealkylation sites (N-methyl/N-ethyl adjacent to an activating group) is 1. The molecule has 0 spiro atoms. The third kappa shape index (κ3) is 4.93. The SMILES string of the molecule is COc1ccc(-c2nc(C(=O)NC(CN(C)C)c3ccccc3)cs2)cc1. The van der Waals surface area contributed by atoms with Crippen LogP contribution in [0.15, 0.2) is 60.0 Å². The number of ether oxygens (including phenoxy) is 1. The highest BCUT2D eigenvalue weighted by Crippen LogP contribution is 2.26. The van der Waals surface area contributed by atoms with E-state index in [2.05, 4.69) is 15.2 Å². The van der Waals surface area contributed by atoms with Crippen LogP contribution in [0.5, 0.6) is 5.75 Å². The third-order valence-electron chi connectivity index (χ3n) is 4.13. The first-order valence-electron chi connectivity index (χ1n) is 8.67. The largest absolute Gasteiger partial charge is 0.497 e. The van der Waals surface area contributed by atoms with Crippen LogP contribution < -0.4 is 10.1 Å². The van der Waals surface area contributed by atoms with Gasteiger partial charge in [-0.1, -0.05) is 30.3 Å². The lowest BCUT2D eigenvalue weighted by atomic mass is 10.1. The maximum Gasteiger partial charge on any atom is 0.271 e. The average Bonchev–Trinajstić information content (AvgIpc) is 3.18. The Morgan fingerprint density at radius 1 is 1.15 bits per heavy atom. The van der Waals surface area contributed by atoms with E-state index in [0.717, 1.165) is 21.9 Å². The van der Waals surface area contributed by atoms with Gasteiger partial charge in [0.25, 0.3) is 5.91 Å². The maximum absolute atomic E-state index is 12.7. The molecule has 0 saturated carbocycles. The molecule has 0 saturated heterocycles. The summed E-state index contributed by atoms with van der Waals surface area (Å²) in [6.45, 7) is 0.714. The number of nitrogens with one attached hydrogen (secondary N) is 1. The molecule has 1 aromatic heterocycles. The summed E-state index contributed by atoms with van der Waals surface area (Å²) in [5, 5.41) is 5.72. The number of rotatable bonds is 7. The monoisotopic (exact) mass is 381 g/mol. The van der Waals surface area contributed by atoms with Gasteiger partial charge in [0.1, 0.15) is 16.5 Å². The van der Waals surface area contributed by atoms with Gasteiger partial charge in [0, 0.05) is 17.5 Å². The number of carbonyl (C=O) groups excluding carboxylic acids is 1. The van der Waals surface area contributed by atoms with Crippen molar-refractivity contribution >= 4 is 17.2 Å². The number of aromatic nitrogens is 1. The lowest BCUT2D eigenvalue weighted by Gasteiger charge is -2.22. The lowest BCUT2D eigenvalue weighted by Crippen LogP contribution is -2.35. The molecule has 0 fully saturated rings. The van der Waals surface area contributed by atoms with Gasteiger partial charge < -0.3 is 15.0 Å². The van der Waals surface area contributed by atoms with Gasteiger partial charge in [0.15, 0.2) is 0 Å². The fourth-order valence-electron chi connectivity index (χ4n) is 2.76. The predicted octanol–water partition coefficient (Wildman–Crippen LogP) is 3.85. The molecule has 3 aromatic rings. The minimum atomic E-state index is -0.165. The Labute approximate surface area is 163 Å². The highest BCUT2D eigenvalue weighted by Gasteiger charge is 2.19. The smallest absolute Gasteiger partial charge is 0.271 e. The number of methoxy groups -OCH3 is 1. The van der Waals surface area contributed by atoms with E-state index in [9.17, 15) is 4.79 Å². The normalized spacial score (nSPS) is 12.0. The first-order valence-corrected chi connectivity index (χ1v) is 9.55. The number of nitrogens with zero attached hydrogens (tertiary/aromatic N) is 2. The topological polar surface area (TPSA) is 54.5 Å². The van der Waals surface area contributed by atoms with E-state index in [1.165, 1.54) is 11.3 Å². The van der Waals surface area contributed by atoms with Crippen LogP contribution in [-0.2, 0) is 0 Å². The van der Waals surface area contributed by atoms with E-state index in [0.29, 0.717) is 12.2 Å². The van der Waals surface area contributed by atoms with Crippen LogP contribution in [0.4, 0.5) is 0 Å². The van der Waals surface area contributed by atoms with Crippen molar-refractivity contribution in [3.8, 4) is 16.3 Å². The fourth-order valence-corrected chi connectivity index (χ4v) is 3.57. The molecule has 1 heterocycles. The summed E-state index contributed by atoms with van der Waals surface area (Å²) in [4.78, 5) is 19.3. The van der Waals surface area contributed by atoms with E-state index in [1.807, 2.05) is 68.7 Å². The molecule has 6 heteroatoms. The van der Waals surface area contributed by atoms with E-state index >= 15 is 0 Å². The van der Waals surface area contributed by atoms with Crippen molar-refractivity contribution in [2.75, 3.05) is 27.7 Å². The third-order valence-corrected chi connectivity index (χ3v) is 5.02. The van der Waals surface area contributed by atoms with Gasteiger partial charge in [-0.05, 0) is 43.9 Å². The second-order valence-electron chi connectivity index (χ2n) is 6.47. The molecule has 27 heavy (non-hydrogen) atoms. The highest BCUT2D eigenvalue weighted by atomic mass is 32.1. The molecule has 140 valence electrons. The minimum Gasteiger partial charge on any atom is -0.497 e. The van der Waals surface area contributed by atoms with Gasteiger partial charge in [-0.2, -0.15) is 0 Å². The predicted molar refractivity (Wildman–Crippen MR) is 109 cm³/mol. The van der Waals surface area contributed by atoms with Crippen molar-refractivity contribution in [1.82, 2.24) is 15.2 Å². The van der Waals surface area contributed by atoms with Crippen LogP contribution in [-0.4, -0.2) is 43.5 Å². The summed E-state index contributed by atoms with van der Waals surface area (Å²) in [7, 11) is 5.62. The van der Waals surface area contributed by atoms with Crippen molar-refractivity contribution in [2.45, 2.75) is 6.04 Å². The highest BCUT2D eigenvalue weighted by molar-refractivity contribution is 7.13. The average molecular weight is 382 g/mol. The zero-order valence-corrected chi connectivity index (χ0v) is 16.5. The Kier molecular flexibility index (Phi) is 6.21. The van der Waals surface area contributed by atoms with Crippen LogP contribution in [0.1, 0.15) is 22.1 Å². The number of carbonyl (C=O) groups is 1. The molecule has 2 aromatic carbocycles. The Hall–Kier alpha value is -2.70.